The van der Waals surface area contributed by atoms with Gasteiger partial charge in [-0.2, -0.15) is 0 Å². The van der Waals surface area contributed by atoms with E-state index in [4.69, 9.17) is 0 Å². The maximum Gasteiger partial charge on any atom is -0.0158 e. The first-order chi connectivity index (χ1) is 7.79. The van der Waals surface area contributed by atoms with Gasteiger partial charge in [0.25, 0.3) is 0 Å². The smallest absolute Gasteiger partial charge is 0.0158 e. The Morgan fingerprint density at radius 3 is 2.00 bits per heavy atom. The van der Waals surface area contributed by atoms with Gasteiger partial charge < -0.3 is 0 Å². The van der Waals surface area contributed by atoms with Crippen LogP contribution >= 0.6 is 0 Å². The van der Waals surface area contributed by atoms with E-state index in [9.17, 15) is 0 Å². The van der Waals surface area contributed by atoms with Crippen LogP contribution in [-0.2, 0) is 0 Å². The highest BCUT2D eigenvalue weighted by molar-refractivity contribution is 5.72. The van der Waals surface area contributed by atoms with Crippen molar-refractivity contribution in [2.24, 2.45) is 0 Å². The van der Waals surface area contributed by atoms with Crippen molar-refractivity contribution < 1.29 is 0 Å². The quantitative estimate of drug-likeness (QED) is 0.588. The number of allylic oxidation sites excluding steroid dienone is 2. The van der Waals surface area contributed by atoms with Gasteiger partial charge in [0.15, 0.2) is 0 Å². The Labute approximate surface area is 102 Å². The predicted molar refractivity (Wildman–Crippen MR) is 78.6 cm³/mol. The topological polar surface area (TPSA) is 0 Å². The molecule has 0 radical (unpaired) electrons. The standard InChI is InChI=1S/C12H14.2C2H6/c1-4-10(3)12-9-7-6-8-11(12)5-2;2*1-2/h4-9H,2H2,1,3H3;2*1-2H3/b10-4-;;. The molecule has 0 saturated heterocycles. The number of hydrogen-bond acceptors (Lipinski definition) is 0. The lowest BCUT2D eigenvalue weighted by Crippen LogP contribution is -1.83. The normalized spacial score (nSPS) is 9.25. The molecule has 0 bridgehead atoms. The molecular formula is C16H26. The second kappa shape index (κ2) is 11.8. The van der Waals surface area contributed by atoms with Gasteiger partial charge in [0.05, 0.1) is 0 Å². The van der Waals surface area contributed by atoms with Gasteiger partial charge in [-0.1, -0.05) is 70.7 Å². The first-order valence-corrected chi connectivity index (χ1v) is 6.14. The van der Waals surface area contributed by atoms with Gasteiger partial charge in [-0.05, 0) is 30.5 Å². The van der Waals surface area contributed by atoms with E-state index in [0.717, 1.165) is 0 Å². The van der Waals surface area contributed by atoms with Crippen molar-refractivity contribution >= 4 is 11.6 Å². The minimum atomic E-state index is 1.20. The SMILES string of the molecule is C=Cc1ccccc1/C(C)=C\C.CC.CC. The van der Waals surface area contributed by atoms with Crippen LogP contribution in [0.3, 0.4) is 0 Å². The molecule has 0 spiro atoms. The van der Waals surface area contributed by atoms with Crippen molar-refractivity contribution in [3.8, 4) is 0 Å². The Balaban J connectivity index is 0. The van der Waals surface area contributed by atoms with Crippen LogP contribution in [0.25, 0.3) is 11.6 Å². The minimum absolute atomic E-state index is 1.20. The molecular weight excluding hydrogens is 192 g/mol. The summed E-state index contributed by atoms with van der Waals surface area (Å²) in [7, 11) is 0. The van der Waals surface area contributed by atoms with E-state index in [1.54, 1.807) is 0 Å². The first-order valence-electron chi connectivity index (χ1n) is 6.14. The fourth-order valence-electron chi connectivity index (χ4n) is 1.19. The Bertz CT molecular complexity index is 306. The van der Waals surface area contributed by atoms with E-state index >= 15 is 0 Å². The van der Waals surface area contributed by atoms with Crippen molar-refractivity contribution in [3.05, 3.63) is 48.0 Å². The summed E-state index contributed by atoms with van der Waals surface area (Å²) in [5.41, 5.74) is 3.77. The number of rotatable bonds is 2. The van der Waals surface area contributed by atoms with Crippen LogP contribution in [0.1, 0.15) is 52.7 Å². The molecule has 1 aromatic carbocycles. The Morgan fingerprint density at radius 2 is 1.56 bits per heavy atom. The third-order valence-corrected chi connectivity index (χ3v) is 2.04. The van der Waals surface area contributed by atoms with E-state index < -0.39 is 0 Å². The third kappa shape index (κ3) is 5.55. The van der Waals surface area contributed by atoms with Crippen LogP contribution in [0.2, 0.25) is 0 Å². The third-order valence-electron chi connectivity index (χ3n) is 2.04. The van der Waals surface area contributed by atoms with Crippen molar-refractivity contribution in [2.45, 2.75) is 41.5 Å². The largest absolute Gasteiger partial charge is 0.0984 e. The molecule has 0 nitrogen and oxygen atoms in total. The van der Waals surface area contributed by atoms with Crippen LogP contribution < -0.4 is 0 Å². The molecule has 16 heavy (non-hydrogen) atoms. The van der Waals surface area contributed by atoms with Gasteiger partial charge in [0, 0.05) is 0 Å². The summed E-state index contributed by atoms with van der Waals surface area (Å²) < 4.78 is 0. The molecule has 0 aliphatic carbocycles. The second-order valence-electron chi connectivity index (χ2n) is 2.76. The molecule has 0 heterocycles. The molecule has 0 aliphatic rings. The van der Waals surface area contributed by atoms with Gasteiger partial charge >= 0.3 is 0 Å². The summed E-state index contributed by atoms with van der Waals surface area (Å²) in [5, 5.41) is 0. The fraction of sp³-hybridized carbons (Fsp3) is 0.375. The van der Waals surface area contributed by atoms with Crippen molar-refractivity contribution in [2.75, 3.05) is 0 Å². The zero-order valence-electron chi connectivity index (χ0n) is 11.7. The van der Waals surface area contributed by atoms with Crippen LogP contribution in [0.4, 0.5) is 0 Å². The summed E-state index contributed by atoms with van der Waals surface area (Å²) in [6, 6.07) is 8.28. The summed E-state index contributed by atoms with van der Waals surface area (Å²) in [6.07, 6.45) is 4.00. The summed E-state index contributed by atoms with van der Waals surface area (Å²) in [6.45, 7) is 15.9. The Hall–Kier alpha value is -1.30. The minimum Gasteiger partial charge on any atom is -0.0984 e. The Kier molecular flexibility index (Phi) is 12.6. The average Bonchev–Trinajstić information content (AvgIpc) is 2.42. The highest BCUT2D eigenvalue weighted by Gasteiger charge is 1.97. The molecule has 1 aromatic rings. The van der Waals surface area contributed by atoms with Gasteiger partial charge in [-0.25, -0.2) is 0 Å². The van der Waals surface area contributed by atoms with Gasteiger partial charge in [0.1, 0.15) is 0 Å². The van der Waals surface area contributed by atoms with Gasteiger partial charge in [-0.15, -0.1) is 0 Å². The second-order valence-corrected chi connectivity index (χ2v) is 2.76. The lowest BCUT2D eigenvalue weighted by molar-refractivity contribution is 1.50. The fourth-order valence-corrected chi connectivity index (χ4v) is 1.19. The molecule has 0 amide bonds. The van der Waals surface area contributed by atoms with Crippen LogP contribution in [0, 0.1) is 0 Å². The maximum absolute atomic E-state index is 3.78. The van der Waals surface area contributed by atoms with Crippen LogP contribution in [0.15, 0.2) is 36.9 Å². The summed E-state index contributed by atoms with van der Waals surface area (Å²) in [4.78, 5) is 0. The first kappa shape index (κ1) is 17.1. The molecule has 1 rings (SSSR count). The van der Waals surface area contributed by atoms with Gasteiger partial charge in [-0.3, -0.25) is 0 Å². The van der Waals surface area contributed by atoms with Gasteiger partial charge in [0.2, 0.25) is 0 Å². The Morgan fingerprint density at radius 1 is 1.06 bits per heavy atom. The van der Waals surface area contributed by atoms with E-state index in [1.165, 1.54) is 16.7 Å². The molecule has 90 valence electrons. The number of benzene rings is 1. The molecule has 0 heteroatoms. The predicted octanol–water partition coefficient (Wildman–Crippen LogP) is 5.81. The van der Waals surface area contributed by atoms with Crippen molar-refractivity contribution in [3.63, 3.8) is 0 Å². The molecule has 0 atom stereocenters. The highest BCUT2D eigenvalue weighted by Crippen LogP contribution is 2.18. The summed E-state index contributed by atoms with van der Waals surface area (Å²) >= 11 is 0. The molecule has 0 N–H and O–H groups in total. The lowest BCUT2D eigenvalue weighted by atomic mass is 10.0. The zero-order valence-corrected chi connectivity index (χ0v) is 11.7. The highest BCUT2D eigenvalue weighted by atomic mass is 14.0. The summed E-state index contributed by atoms with van der Waals surface area (Å²) in [5.74, 6) is 0. The zero-order chi connectivity index (χ0) is 13.0. The molecule has 0 fully saturated rings. The van der Waals surface area contributed by atoms with Crippen molar-refractivity contribution in [1.82, 2.24) is 0 Å². The lowest BCUT2D eigenvalue weighted by Gasteiger charge is -2.04. The van der Waals surface area contributed by atoms with Crippen LogP contribution in [-0.4, -0.2) is 0 Å². The maximum atomic E-state index is 3.78. The van der Waals surface area contributed by atoms with E-state index in [1.807, 2.05) is 39.8 Å². The molecule has 0 saturated carbocycles. The van der Waals surface area contributed by atoms with E-state index in [0.29, 0.717) is 0 Å². The molecule has 0 aliphatic heterocycles. The van der Waals surface area contributed by atoms with E-state index in [2.05, 4.69) is 44.7 Å². The van der Waals surface area contributed by atoms with E-state index in [-0.39, 0.29) is 0 Å². The molecule has 0 unspecified atom stereocenters. The average molecular weight is 218 g/mol. The monoisotopic (exact) mass is 218 g/mol. The molecule has 0 aromatic heterocycles. The number of hydrogen-bond donors (Lipinski definition) is 0. The van der Waals surface area contributed by atoms with Crippen molar-refractivity contribution in [1.29, 1.82) is 0 Å². The van der Waals surface area contributed by atoms with Crippen LogP contribution in [0.5, 0.6) is 0 Å².